The van der Waals surface area contributed by atoms with Crippen molar-refractivity contribution in [2.45, 2.75) is 19.3 Å². The van der Waals surface area contributed by atoms with Gasteiger partial charge in [0.25, 0.3) is 5.91 Å². The third-order valence-electron chi connectivity index (χ3n) is 5.89. The van der Waals surface area contributed by atoms with Gasteiger partial charge in [-0.15, -0.1) is 11.3 Å². The van der Waals surface area contributed by atoms with Crippen LogP contribution in [0.4, 0.5) is 20.0 Å². The highest BCUT2D eigenvalue weighted by molar-refractivity contribution is 7.22. The van der Waals surface area contributed by atoms with Crippen LogP contribution in [0, 0.1) is 11.7 Å². The third-order valence-corrected chi connectivity index (χ3v) is 7.95. The van der Waals surface area contributed by atoms with Crippen LogP contribution < -0.4 is 10.6 Å². The molecule has 1 saturated heterocycles. The van der Waals surface area contributed by atoms with Crippen LogP contribution in [0.3, 0.4) is 0 Å². The van der Waals surface area contributed by atoms with E-state index in [4.69, 9.17) is 0 Å². The standard InChI is InChI=1S/C25H23FN4O2S2/c26-17-5-7-18(8-6-17)27-25(32)30-13-11-16(12-14-30)15-19-9-10-22(33-19)23(31)29-24-28-20-3-1-2-4-21(20)34-24/h1-10,16H,11-15H2,(H,27,32)(H,28,29,31). The molecule has 0 unspecified atom stereocenters. The minimum Gasteiger partial charge on any atom is -0.325 e. The van der Waals surface area contributed by atoms with E-state index in [1.165, 1.54) is 39.7 Å². The lowest BCUT2D eigenvalue weighted by Crippen LogP contribution is -2.41. The van der Waals surface area contributed by atoms with Crippen molar-refractivity contribution in [2.75, 3.05) is 23.7 Å². The van der Waals surface area contributed by atoms with Crippen molar-refractivity contribution in [3.8, 4) is 0 Å². The normalized spacial score (nSPS) is 14.3. The van der Waals surface area contributed by atoms with Gasteiger partial charge in [-0.2, -0.15) is 0 Å². The van der Waals surface area contributed by atoms with Gasteiger partial charge in [0.1, 0.15) is 5.82 Å². The second kappa shape index (κ2) is 9.90. The molecule has 1 aliphatic rings. The number of hydrogen-bond donors (Lipinski definition) is 2. The fourth-order valence-electron chi connectivity index (χ4n) is 4.05. The highest BCUT2D eigenvalue weighted by Gasteiger charge is 2.24. The summed E-state index contributed by atoms with van der Waals surface area (Å²) in [5.41, 5.74) is 1.47. The summed E-state index contributed by atoms with van der Waals surface area (Å²) in [5.74, 6) is 0.000984. The van der Waals surface area contributed by atoms with Gasteiger partial charge in [0.05, 0.1) is 15.1 Å². The second-order valence-electron chi connectivity index (χ2n) is 8.28. The van der Waals surface area contributed by atoms with Crippen molar-refractivity contribution >= 4 is 55.6 Å². The molecule has 1 fully saturated rings. The Balaban J connectivity index is 1.11. The molecule has 3 heterocycles. The number of likely N-dealkylation sites (tertiary alicyclic amines) is 1. The minimum absolute atomic E-state index is 0.136. The predicted molar refractivity (Wildman–Crippen MR) is 135 cm³/mol. The number of thiophene rings is 1. The van der Waals surface area contributed by atoms with E-state index < -0.39 is 0 Å². The average Bonchev–Trinajstić information content (AvgIpc) is 3.47. The first kappa shape index (κ1) is 22.5. The van der Waals surface area contributed by atoms with Crippen LogP contribution >= 0.6 is 22.7 Å². The van der Waals surface area contributed by atoms with E-state index in [0.29, 0.717) is 34.7 Å². The van der Waals surface area contributed by atoms with Gasteiger partial charge in [-0.1, -0.05) is 23.5 Å². The number of amides is 3. The zero-order chi connectivity index (χ0) is 23.5. The van der Waals surface area contributed by atoms with E-state index in [9.17, 15) is 14.0 Å². The fourth-order valence-corrected chi connectivity index (χ4v) is 5.93. The average molecular weight is 495 g/mol. The molecule has 3 amide bonds. The van der Waals surface area contributed by atoms with Gasteiger partial charge in [-0.25, -0.2) is 14.2 Å². The van der Waals surface area contributed by atoms with Crippen LogP contribution in [0.2, 0.25) is 0 Å². The van der Waals surface area contributed by atoms with Crippen molar-refractivity contribution in [3.05, 3.63) is 76.2 Å². The Morgan fingerprint density at radius 3 is 2.50 bits per heavy atom. The summed E-state index contributed by atoms with van der Waals surface area (Å²) in [4.78, 5) is 33.3. The Morgan fingerprint density at radius 1 is 0.971 bits per heavy atom. The number of carbonyl (C=O) groups excluding carboxylic acids is 2. The topological polar surface area (TPSA) is 74.3 Å². The van der Waals surface area contributed by atoms with Crippen molar-refractivity contribution < 1.29 is 14.0 Å². The van der Waals surface area contributed by atoms with E-state index >= 15 is 0 Å². The number of urea groups is 1. The molecule has 0 aliphatic carbocycles. The monoisotopic (exact) mass is 494 g/mol. The molecule has 174 valence electrons. The molecule has 1 aliphatic heterocycles. The molecule has 2 aromatic carbocycles. The number of benzene rings is 2. The zero-order valence-corrected chi connectivity index (χ0v) is 19.9. The zero-order valence-electron chi connectivity index (χ0n) is 18.3. The summed E-state index contributed by atoms with van der Waals surface area (Å²) in [6.07, 6.45) is 2.70. The summed E-state index contributed by atoms with van der Waals surface area (Å²) in [6.45, 7) is 1.35. The lowest BCUT2D eigenvalue weighted by molar-refractivity contribution is 0.103. The van der Waals surface area contributed by atoms with Gasteiger partial charge in [0.15, 0.2) is 5.13 Å². The number of nitrogens with zero attached hydrogens (tertiary/aromatic N) is 2. The Bertz CT molecular complexity index is 1280. The van der Waals surface area contributed by atoms with E-state index in [2.05, 4.69) is 15.6 Å². The highest BCUT2D eigenvalue weighted by atomic mass is 32.1. The van der Waals surface area contributed by atoms with Crippen molar-refractivity contribution in [1.82, 2.24) is 9.88 Å². The number of carbonyl (C=O) groups is 2. The Hall–Kier alpha value is -3.30. The summed E-state index contributed by atoms with van der Waals surface area (Å²) < 4.78 is 14.1. The van der Waals surface area contributed by atoms with Gasteiger partial charge in [0, 0.05) is 23.7 Å². The number of para-hydroxylation sites is 1. The van der Waals surface area contributed by atoms with Crippen molar-refractivity contribution in [2.24, 2.45) is 5.92 Å². The molecular weight excluding hydrogens is 471 g/mol. The van der Waals surface area contributed by atoms with Crippen molar-refractivity contribution in [3.63, 3.8) is 0 Å². The number of piperidine rings is 1. The molecule has 0 bridgehead atoms. The maximum atomic E-state index is 13.0. The number of rotatable bonds is 5. The molecule has 34 heavy (non-hydrogen) atoms. The lowest BCUT2D eigenvalue weighted by atomic mass is 9.93. The molecule has 4 aromatic rings. The number of fused-ring (bicyclic) bond motifs is 1. The first-order valence-corrected chi connectivity index (χ1v) is 12.7. The second-order valence-corrected chi connectivity index (χ2v) is 10.5. The molecule has 2 N–H and O–H groups in total. The predicted octanol–water partition coefficient (Wildman–Crippen LogP) is 6.24. The van der Waals surface area contributed by atoms with Gasteiger partial charge in [0.2, 0.25) is 0 Å². The number of nitrogens with one attached hydrogen (secondary N) is 2. The first-order chi connectivity index (χ1) is 16.5. The SMILES string of the molecule is O=C(Nc1nc2ccccc2s1)c1ccc(CC2CCN(C(=O)Nc3ccc(F)cc3)CC2)s1. The van der Waals surface area contributed by atoms with Crippen LogP contribution in [0.5, 0.6) is 0 Å². The maximum Gasteiger partial charge on any atom is 0.321 e. The number of hydrogen-bond acceptors (Lipinski definition) is 5. The van der Waals surface area contributed by atoms with E-state index in [-0.39, 0.29) is 17.8 Å². The molecule has 5 rings (SSSR count). The Labute approximate surface area is 204 Å². The van der Waals surface area contributed by atoms with Crippen LogP contribution in [0.1, 0.15) is 27.4 Å². The molecule has 2 aromatic heterocycles. The van der Waals surface area contributed by atoms with Gasteiger partial charge < -0.3 is 10.2 Å². The van der Waals surface area contributed by atoms with Gasteiger partial charge in [-0.05, 0) is 73.7 Å². The number of anilines is 2. The largest absolute Gasteiger partial charge is 0.325 e. The molecule has 9 heteroatoms. The molecular formula is C25H23FN4O2S2. The van der Waals surface area contributed by atoms with Crippen LogP contribution in [-0.4, -0.2) is 34.9 Å². The Kier molecular flexibility index (Phi) is 6.55. The summed E-state index contributed by atoms with van der Waals surface area (Å²) in [7, 11) is 0. The van der Waals surface area contributed by atoms with Crippen LogP contribution in [0.25, 0.3) is 10.2 Å². The van der Waals surface area contributed by atoms with E-state index in [1.807, 2.05) is 36.4 Å². The number of aromatic nitrogens is 1. The maximum absolute atomic E-state index is 13.0. The quantitative estimate of drug-likeness (QED) is 0.345. The third kappa shape index (κ3) is 5.26. The molecule has 0 saturated carbocycles. The van der Waals surface area contributed by atoms with Crippen molar-refractivity contribution in [1.29, 1.82) is 0 Å². The fraction of sp³-hybridized carbons (Fsp3) is 0.240. The summed E-state index contributed by atoms with van der Waals surface area (Å²) in [6, 6.07) is 17.3. The number of halogens is 1. The number of thiazole rings is 1. The highest BCUT2D eigenvalue weighted by Crippen LogP contribution is 2.29. The lowest BCUT2D eigenvalue weighted by Gasteiger charge is -2.31. The van der Waals surface area contributed by atoms with Crippen LogP contribution in [0.15, 0.2) is 60.7 Å². The summed E-state index contributed by atoms with van der Waals surface area (Å²) >= 11 is 2.98. The molecule has 0 spiro atoms. The minimum atomic E-state index is -0.329. The van der Waals surface area contributed by atoms with E-state index in [1.54, 1.807) is 17.0 Å². The first-order valence-electron chi connectivity index (χ1n) is 11.1. The smallest absolute Gasteiger partial charge is 0.321 e. The molecule has 6 nitrogen and oxygen atoms in total. The molecule has 0 radical (unpaired) electrons. The van der Waals surface area contributed by atoms with E-state index in [0.717, 1.165) is 29.5 Å². The Morgan fingerprint density at radius 2 is 1.74 bits per heavy atom. The molecule has 0 atom stereocenters. The van der Waals surface area contributed by atoms with Gasteiger partial charge >= 0.3 is 6.03 Å². The summed E-state index contributed by atoms with van der Waals surface area (Å²) in [5, 5.41) is 6.34. The van der Waals surface area contributed by atoms with Gasteiger partial charge in [-0.3, -0.25) is 10.1 Å². The van der Waals surface area contributed by atoms with Crippen LogP contribution in [-0.2, 0) is 6.42 Å².